The van der Waals surface area contributed by atoms with Gasteiger partial charge in [-0.1, -0.05) is 36.4 Å². The molecule has 0 amide bonds. The molecule has 0 N–H and O–H groups in total. The summed E-state index contributed by atoms with van der Waals surface area (Å²) in [7, 11) is 0. The fourth-order valence-corrected chi connectivity index (χ4v) is 4.23. The largest absolute Gasteiger partial charge is 0.356 e. The zero-order valence-corrected chi connectivity index (χ0v) is 15.1. The van der Waals surface area contributed by atoms with Crippen LogP contribution in [0.3, 0.4) is 0 Å². The Morgan fingerprint density at radius 3 is 1.42 bits per heavy atom. The van der Waals surface area contributed by atoms with E-state index in [2.05, 4.69) is 58.3 Å². The molecule has 0 atom stereocenters. The molecule has 3 heterocycles. The van der Waals surface area contributed by atoms with Crippen LogP contribution in [0.5, 0.6) is 0 Å². The maximum absolute atomic E-state index is 4.93. The number of nitrogens with zero attached hydrogens (tertiary/aromatic N) is 4. The quantitative estimate of drug-likeness (QED) is 0.724. The van der Waals surface area contributed by atoms with Gasteiger partial charge < -0.3 is 9.80 Å². The minimum atomic E-state index is 1.04. The van der Waals surface area contributed by atoms with Gasteiger partial charge in [-0.25, -0.2) is 9.98 Å². The van der Waals surface area contributed by atoms with E-state index in [4.69, 9.17) is 9.98 Å². The van der Waals surface area contributed by atoms with Gasteiger partial charge in [0.05, 0.1) is 11.4 Å². The summed E-state index contributed by atoms with van der Waals surface area (Å²) in [6, 6.07) is 17.1. The zero-order valence-electron chi connectivity index (χ0n) is 15.1. The summed E-state index contributed by atoms with van der Waals surface area (Å²) in [5, 5.41) is 0. The third-order valence-corrected chi connectivity index (χ3v) is 5.73. The van der Waals surface area contributed by atoms with Crippen LogP contribution in [-0.4, -0.2) is 47.7 Å². The van der Waals surface area contributed by atoms with Crippen molar-refractivity contribution in [2.45, 2.75) is 25.7 Å². The highest BCUT2D eigenvalue weighted by Crippen LogP contribution is 2.28. The first-order valence-corrected chi connectivity index (χ1v) is 9.68. The van der Waals surface area contributed by atoms with Crippen molar-refractivity contribution in [3.63, 3.8) is 0 Å². The van der Waals surface area contributed by atoms with Crippen LogP contribution >= 0.6 is 0 Å². The zero-order chi connectivity index (χ0) is 17.3. The Morgan fingerprint density at radius 2 is 0.962 bits per heavy atom. The van der Waals surface area contributed by atoms with Crippen LogP contribution in [-0.2, 0) is 12.8 Å². The molecule has 0 aliphatic carbocycles. The fraction of sp³-hybridized carbons (Fsp3) is 0.364. The number of piperazine rings is 1. The van der Waals surface area contributed by atoms with Crippen molar-refractivity contribution in [2.24, 2.45) is 9.98 Å². The summed E-state index contributed by atoms with van der Waals surface area (Å²) < 4.78 is 0. The normalized spacial score (nSPS) is 19.4. The first-order valence-electron chi connectivity index (χ1n) is 9.68. The van der Waals surface area contributed by atoms with Gasteiger partial charge in [-0.05, 0) is 36.1 Å². The average Bonchev–Trinajstić information content (AvgIpc) is 2.73. The Morgan fingerprint density at radius 1 is 0.538 bits per heavy atom. The Balaban J connectivity index is 1.28. The summed E-state index contributed by atoms with van der Waals surface area (Å²) in [6.07, 6.45) is 4.34. The van der Waals surface area contributed by atoms with E-state index in [9.17, 15) is 0 Å². The minimum absolute atomic E-state index is 1.04. The van der Waals surface area contributed by atoms with Crippen molar-refractivity contribution in [1.82, 2.24) is 9.80 Å². The van der Waals surface area contributed by atoms with Gasteiger partial charge in [0.25, 0.3) is 0 Å². The molecule has 0 unspecified atom stereocenters. The van der Waals surface area contributed by atoms with Crippen LogP contribution in [0, 0.1) is 0 Å². The molecule has 5 rings (SSSR count). The summed E-state index contributed by atoms with van der Waals surface area (Å²) in [4.78, 5) is 14.8. The summed E-state index contributed by atoms with van der Waals surface area (Å²) >= 11 is 0. The lowest BCUT2D eigenvalue weighted by atomic mass is 10.0. The second-order valence-electron chi connectivity index (χ2n) is 7.29. The predicted molar refractivity (Wildman–Crippen MR) is 107 cm³/mol. The predicted octanol–water partition coefficient (Wildman–Crippen LogP) is 3.96. The van der Waals surface area contributed by atoms with Crippen molar-refractivity contribution in [3.8, 4) is 0 Å². The molecule has 1 fully saturated rings. The molecule has 1 saturated heterocycles. The molecule has 4 heteroatoms. The maximum Gasteiger partial charge on any atom is 0.105 e. The molecule has 4 nitrogen and oxygen atoms in total. The third kappa shape index (κ3) is 2.90. The lowest BCUT2D eigenvalue weighted by molar-refractivity contribution is 0.252. The standard InChI is InChI=1S/C22H24N4/c1-3-7-19-17(5-1)9-11-21(23-19)25-13-15-26(16-14-25)22-12-10-18-6-2-4-8-20(18)24-22/h1-8H,9-16H2. The van der Waals surface area contributed by atoms with Gasteiger partial charge in [-0.15, -0.1) is 0 Å². The van der Waals surface area contributed by atoms with Gasteiger partial charge in [0.1, 0.15) is 11.7 Å². The summed E-state index contributed by atoms with van der Waals surface area (Å²) in [6.45, 7) is 4.17. The number of rotatable bonds is 0. The highest BCUT2D eigenvalue weighted by molar-refractivity contribution is 5.89. The number of benzene rings is 2. The van der Waals surface area contributed by atoms with Crippen molar-refractivity contribution >= 4 is 23.0 Å². The van der Waals surface area contributed by atoms with Gasteiger partial charge in [-0.3, -0.25) is 0 Å². The molecule has 3 aliphatic heterocycles. The summed E-state index contributed by atoms with van der Waals surface area (Å²) in [5.74, 6) is 2.53. The highest BCUT2D eigenvalue weighted by Gasteiger charge is 2.25. The number of aliphatic imine (C=N–C) groups is 2. The second-order valence-corrected chi connectivity index (χ2v) is 7.29. The topological polar surface area (TPSA) is 31.2 Å². The molecule has 0 radical (unpaired) electrons. The Kier molecular flexibility index (Phi) is 3.96. The van der Waals surface area contributed by atoms with Crippen molar-refractivity contribution in [3.05, 3.63) is 59.7 Å². The molecule has 2 aromatic carbocycles. The molecule has 2 aromatic rings. The minimum Gasteiger partial charge on any atom is -0.356 e. The van der Waals surface area contributed by atoms with Crippen LogP contribution in [0.4, 0.5) is 11.4 Å². The van der Waals surface area contributed by atoms with Gasteiger partial charge in [-0.2, -0.15) is 0 Å². The van der Waals surface area contributed by atoms with E-state index in [0.717, 1.165) is 63.2 Å². The Bertz CT molecular complexity index is 802. The summed E-state index contributed by atoms with van der Waals surface area (Å²) in [5.41, 5.74) is 5.07. The first-order chi connectivity index (χ1) is 12.9. The van der Waals surface area contributed by atoms with Gasteiger partial charge in [0.2, 0.25) is 0 Å². The van der Waals surface area contributed by atoms with Gasteiger partial charge >= 0.3 is 0 Å². The number of amidine groups is 2. The van der Waals surface area contributed by atoms with E-state index in [1.54, 1.807) is 0 Å². The van der Waals surface area contributed by atoms with Crippen LogP contribution in [0.15, 0.2) is 58.5 Å². The number of para-hydroxylation sites is 2. The van der Waals surface area contributed by atoms with E-state index in [0.29, 0.717) is 0 Å². The molecule has 3 aliphatic rings. The van der Waals surface area contributed by atoms with Gasteiger partial charge in [0, 0.05) is 39.0 Å². The van der Waals surface area contributed by atoms with E-state index < -0.39 is 0 Å². The molecule has 0 spiro atoms. The average molecular weight is 344 g/mol. The Labute approximate surface area is 154 Å². The van der Waals surface area contributed by atoms with E-state index in [1.807, 2.05) is 0 Å². The fourth-order valence-electron chi connectivity index (χ4n) is 4.23. The monoisotopic (exact) mass is 344 g/mol. The number of fused-ring (bicyclic) bond motifs is 2. The SMILES string of the molecule is c1ccc2c(c1)CCC(N1CCN(C3=Nc4ccccc4CC3)CC1)=N2. The number of aryl methyl sites for hydroxylation is 2. The lowest BCUT2D eigenvalue weighted by Gasteiger charge is -2.39. The highest BCUT2D eigenvalue weighted by atomic mass is 15.3. The van der Waals surface area contributed by atoms with Crippen LogP contribution in [0.25, 0.3) is 0 Å². The molecular formula is C22H24N4. The molecular weight excluding hydrogens is 320 g/mol. The molecule has 0 aromatic heterocycles. The smallest absolute Gasteiger partial charge is 0.105 e. The maximum atomic E-state index is 4.93. The van der Waals surface area contributed by atoms with Crippen LogP contribution < -0.4 is 0 Å². The van der Waals surface area contributed by atoms with E-state index in [1.165, 1.54) is 22.8 Å². The van der Waals surface area contributed by atoms with Crippen molar-refractivity contribution in [1.29, 1.82) is 0 Å². The van der Waals surface area contributed by atoms with E-state index >= 15 is 0 Å². The number of hydrogen-bond donors (Lipinski definition) is 0. The van der Waals surface area contributed by atoms with Gasteiger partial charge in [0.15, 0.2) is 0 Å². The lowest BCUT2D eigenvalue weighted by Crippen LogP contribution is -2.51. The van der Waals surface area contributed by atoms with Crippen LogP contribution in [0.2, 0.25) is 0 Å². The molecule has 0 bridgehead atoms. The molecule has 0 saturated carbocycles. The van der Waals surface area contributed by atoms with Crippen LogP contribution in [0.1, 0.15) is 24.0 Å². The second kappa shape index (κ2) is 6.60. The van der Waals surface area contributed by atoms with Crippen molar-refractivity contribution < 1.29 is 0 Å². The van der Waals surface area contributed by atoms with Crippen molar-refractivity contribution in [2.75, 3.05) is 26.2 Å². The third-order valence-electron chi connectivity index (χ3n) is 5.73. The Hall–Kier alpha value is -2.62. The van der Waals surface area contributed by atoms with E-state index in [-0.39, 0.29) is 0 Å². The first kappa shape index (κ1) is 15.6. The molecule has 26 heavy (non-hydrogen) atoms. The number of hydrogen-bond acceptors (Lipinski definition) is 4. The molecule has 132 valence electrons.